The molecule has 0 N–H and O–H groups in total. The van der Waals surface area contributed by atoms with Gasteiger partial charge in [0.2, 0.25) is 6.79 Å². The normalized spacial score (nSPS) is 19.3. The summed E-state index contributed by atoms with van der Waals surface area (Å²) in [7, 11) is 0. The molecule has 0 aliphatic carbocycles. The average Bonchev–Trinajstić information content (AvgIpc) is 3.33. The molecule has 3 heterocycles. The molecule has 5 nitrogen and oxygen atoms in total. The molecule has 194 valence electrons. The van der Waals surface area contributed by atoms with E-state index < -0.39 is 0 Å². The van der Waals surface area contributed by atoms with Crippen molar-refractivity contribution in [1.82, 2.24) is 9.80 Å². The maximum atomic E-state index is 6.17. The fraction of sp³-hybridized carbons (Fsp3) is 0.448. The first-order valence-electron chi connectivity index (χ1n) is 12.8. The Morgan fingerprint density at radius 3 is 2.58 bits per heavy atom. The monoisotopic (exact) mass is 530 g/mol. The molecule has 0 bridgehead atoms. The summed E-state index contributed by atoms with van der Waals surface area (Å²) in [6.45, 7) is 8.03. The Balaban J connectivity index is 0.00000152. The number of piperidine rings is 1. The highest BCUT2D eigenvalue weighted by molar-refractivity contribution is 5.88. The van der Waals surface area contributed by atoms with E-state index in [-0.39, 0.29) is 24.8 Å². The second-order valence-corrected chi connectivity index (χ2v) is 9.95. The largest absolute Gasteiger partial charge is 0.493 e. The molecule has 1 atom stereocenters. The van der Waals surface area contributed by atoms with Crippen molar-refractivity contribution in [3.05, 3.63) is 65.7 Å². The SMILES string of the molecule is Cl.Cl.c1ccc2c(OCCCN3CCCC(CN4CCc5cc6c(cc5C4)OCO6)C3)cccc2c1. The van der Waals surface area contributed by atoms with Crippen LogP contribution in [0.2, 0.25) is 0 Å². The predicted octanol–water partition coefficient (Wildman–Crippen LogP) is 5.95. The highest BCUT2D eigenvalue weighted by atomic mass is 35.5. The maximum Gasteiger partial charge on any atom is 0.231 e. The molecular weight excluding hydrogens is 495 g/mol. The number of ether oxygens (including phenoxy) is 3. The summed E-state index contributed by atoms with van der Waals surface area (Å²) in [5, 5.41) is 2.44. The van der Waals surface area contributed by atoms with Crippen LogP contribution >= 0.6 is 24.8 Å². The number of rotatable bonds is 7. The molecule has 7 heteroatoms. The van der Waals surface area contributed by atoms with Crippen LogP contribution in [0.4, 0.5) is 0 Å². The molecule has 3 aliphatic heterocycles. The summed E-state index contributed by atoms with van der Waals surface area (Å²) in [6.07, 6.45) is 4.82. The zero-order valence-corrected chi connectivity index (χ0v) is 22.3. The summed E-state index contributed by atoms with van der Waals surface area (Å²) in [5.41, 5.74) is 2.84. The number of likely N-dealkylation sites (tertiary alicyclic amines) is 1. The van der Waals surface area contributed by atoms with Crippen molar-refractivity contribution < 1.29 is 14.2 Å². The quantitative estimate of drug-likeness (QED) is 0.352. The van der Waals surface area contributed by atoms with Gasteiger partial charge >= 0.3 is 0 Å². The highest BCUT2D eigenvalue weighted by Gasteiger charge is 2.26. The highest BCUT2D eigenvalue weighted by Crippen LogP contribution is 2.37. The number of halogens is 2. The average molecular weight is 532 g/mol. The lowest BCUT2D eigenvalue weighted by Crippen LogP contribution is -2.42. The minimum absolute atomic E-state index is 0. The molecular formula is C29H36Cl2N2O3. The van der Waals surface area contributed by atoms with Gasteiger partial charge in [-0.2, -0.15) is 0 Å². The summed E-state index contributed by atoms with van der Waals surface area (Å²) in [6, 6.07) is 19.2. The number of nitrogens with zero attached hydrogens (tertiary/aromatic N) is 2. The minimum Gasteiger partial charge on any atom is -0.493 e. The number of hydrogen-bond donors (Lipinski definition) is 0. The third-order valence-electron chi connectivity index (χ3n) is 7.53. The van der Waals surface area contributed by atoms with E-state index in [1.807, 2.05) is 0 Å². The molecule has 6 rings (SSSR count). The van der Waals surface area contributed by atoms with Crippen LogP contribution in [0.5, 0.6) is 17.2 Å². The molecule has 0 aromatic heterocycles. The molecule has 3 aromatic carbocycles. The van der Waals surface area contributed by atoms with Crippen LogP contribution in [0.3, 0.4) is 0 Å². The molecule has 0 amide bonds. The van der Waals surface area contributed by atoms with Crippen molar-refractivity contribution in [2.24, 2.45) is 5.92 Å². The van der Waals surface area contributed by atoms with Crippen LogP contribution < -0.4 is 14.2 Å². The lowest BCUT2D eigenvalue weighted by atomic mass is 9.94. The van der Waals surface area contributed by atoms with Crippen LogP contribution in [0.1, 0.15) is 30.4 Å². The van der Waals surface area contributed by atoms with Crippen LogP contribution in [0.25, 0.3) is 10.8 Å². The van der Waals surface area contributed by atoms with E-state index in [9.17, 15) is 0 Å². The second-order valence-electron chi connectivity index (χ2n) is 9.95. The van der Waals surface area contributed by atoms with Crippen molar-refractivity contribution >= 4 is 35.6 Å². The summed E-state index contributed by atoms with van der Waals surface area (Å²) in [5.74, 6) is 3.58. The van der Waals surface area contributed by atoms with E-state index in [4.69, 9.17) is 14.2 Å². The van der Waals surface area contributed by atoms with Gasteiger partial charge in [0.25, 0.3) is 0 Å². The Bertz CT molecular complexity index is 1150. The molecule has 0 spiro atoms. The molecule has 3 aliphatic rings. The molecule has 1 fully saturated rings. The lowest BCUT2D eigenvalue weighted by Gasteiger charge is -2.37. The Kier molecular flexibility index (Phi) is 9.24. The van der Waals surface area contributed by atoms with Crippen LogP contribution in [0.15, 0.2) is 54.6 Å². The van der Waals surface area contributed by atoms with Crippen LogP contribution in [0, 0.1) is 5.92 Å². The zero-order chi connectivity index (χ0) is 22.7. The van der Waals surface area contributed by atoms with Gasteiger partial charge < -0.3 is 19.1 Å². The van der Waals surface area contributed by atoms with Gasteiger partial charge in [0.1, 0.15) is 5.75 Å². The zero-order valence-electron chi connectivity index (χ0n) is 20.7. The van der Waals surface area contributed by atoms with E-state index in [2.05, 4.69) is 64.4 Å². The molecule has 0 radical (unpaired) electrons. The van der Waals surface area contributed by atoms with Gasteiger partial charge in [0, 0.05) is 38.1 Å². The van der Waals surface area contributed by atoms with E-state index in [0.717, 1.165) is 62.2 Å². The van der Waals surface area contributed by atoms with Crippen molar-refractivity contribution in [3.63, 3.8) is 0 Å². The predicted molar refractivity (Wildman–Crippen MR) is 149 cm³/mol. The van der Waals surface area contributed by atoms with E-state index in [1.54, 1.807) is 0 Å². The molecule has 1 saturated heterocycles. The molecule has 0 saturated carbocycles. The molecule has 1 unspecified atom stereocenters. The van der Waals surface area contributed by atoms with Gasteiger partial charge in [-0.3, -0.25) is 4.90 Å². The van der Waals surface area contributed by atoms with E-state index in [0.29, 0.717) is 6.79 Å². The summed E-state index contributed by atoms with van der Waals surface area (Å²) >= 11 is 0. The van der Waals surface area contributed by atoms with Crippen LogP contribution in [-0.4, -0.2) is 55.9 Å². The number of fused-ring (bicyclic) bond motifs is 3. The Morgan fingerprint density at radius 2 is 1.69 bits per heavy atom. The Hall–Kier alpha value is -2.18. The smallest absolute Gasteiger partial charge is 0.231 e. The van der Waals surface area contributed by atoms with Crippen molar-refractivity contribution in [2.75, 3.05) is 46.1 Å². The van der Waals surface area contributed by atoms with Crippen molar-refractivity contribution in [2.45, 2.75) is 32.2 Å². The third kappa shape index (κ3) is 6.03. The number of hydrogen-bond acceptors (Lipinski definition) is 5. The first kappa shape index (κ1) is 26.9. The maximum absolute atomic E-state index is 6.17. The first-order valence-corrected chi connectivity index (χ1v) is 12.8. The van der Waals surface area contributed by atoms with Gasteiger partial charge in [0.15, 0.2) is 11.5 Å². The van der Waals surface area contributed by atoms with Gasteiger partial charge in [0.05, 0.1) is 6.61 Å². The lowest BCUT2D eigenvalue weighted by molar-refractivity contribution is 0.121. The fourth-order valence-corrected chi connectivity index (χ4v) is 5.82. The van der Waals surface area contributed by atoms with Crippen molar-refractivity contribution in [1.29, 1.82) is 0 Å². The van der Waals surface area contributed by atoms with Gasteiger partial charge in [-0.15, -0.1) is 24.8 Å². The minimum atomic E-state index is 0. The van der Waals surface area contributed by atoms with Gasteiger partial charge in [-0.1, -0.05) is 36.4 Å². The first-order chi connectivity index (χ1) is 16.8. The summed E-state index contributed by atoms with van der Waals surface area (Å²) in [4.78, 5) is 5.29. The van der Waals surface area contributed by atoms with Gasteiger partial charge in [-0.25, -0.2) is 0 Å². The second kappa shape index (κ2) is 12.4. The third-order valence-corrected chi connectivity index (χ3v) is 7.53. The molecule has 3 aromatic rings. The van der Waals surface area contributed by atoms with Crippen molar-refractivity contribution in [3.8, 4) is 17.2 Å². The van der Waals surface area contributed by atoms with Crippen LogP contribution in [-0.2, 0) is 13.0 Å². The number of benzene rings is 3. The Morgan fingerprint density at radius 1 is 0.889 bits per heavy atom. The fourth-order valence-electron chi connectivity index (χ4n) is 5.82. The Labute approximate surface area is 226 Å². The standard InChI is InChI=1S/C29H34N2O3.2ClH/c1-2-9-26-23(7-1)8-3-10-27(26)32-15-5-13-30-12-4-6-22(18-30)19-31-14-11-24-16-28-29(34-21-33-28)17-25(24)20-31;;/h1-3,7-10,16-17,22H,4-6,11-15,18-21H2;2*1H. The van der Waals surface area contributed by atoms with Gasteiger partial charge in [-0.05, 0) is 72.9 Å². The van der Waals surface area contributed by atoms with E-state index in [1.165, 1.54) is 54.4 Å². The topological polar surface area (TPSA) is 34.2 Å². The van der Waals surface area contributed by atoms with E-state index >= 15 is 0 Å². The molecule has 36 heavy (non-hydrogen) atoms. The summed E-state index contributed by atoms with van der Waals surface area (Å²) < 4.78 is 17.3.